The van der Waals surface area contributed by atoms with Gasteiger partial charge >= 0.3 is 0 Å². The topological polar surface area (TPSA) is 36.3 Å². The Balaban J connectivity index is 2.52. The molecule has 0 aliphatic carbocycles. The second-order valence-electron chi connectivity index (χ2n) is 3.56. The number of alkyl halides is 1. The number of imidazole rings is 1. The van der Waals surface area contributed by atoms with E-state index in [2.05, 4.69) is 20.9 Å². The molecule has 0 amide bonds. The number of ether oxygens (including phenoxy) is 2. The zero-order valence-electron chi connectivity index (χ0n) is 9.98. The average Bonchev–Trinajstić information content (AvgIpc) is 2.87. The number of hydrogen-bond acceptors (Lipinski definition) is 3. The molecular weight excluding hydrogens is 320 g/mol. The molecule has 0 spiro atoms. The second kappa shape index (κ2) is 5.63. The molecule has 0 saturated carbocycles. The number of halogens is 2. The predicted octanol–water partition coefficient (Wildman–Crippen LogP) is 3.44. The number of aromatic nitrogens is 2. The fraction of sp³-hybridized carbons (Fsp3) is 0.250. The Labute approximate surface area is 119 Å². The first-order chi connectivity index (χ1) is 8.69. The van der Waals surface area contributed by atoms with Gasteiger partial charge < -0.3 is 14.0 Å². The standard InChI is InChI=1S/C12H12BrClN2O2/c1-17-11-4-12(18-2)10(3-9(11)14)16-6-8(5-13)15-7-16/h3-4,6-7H,5H2,1-2H3. The Bertz CT molecular complexity index is 557. The van der Waals surface area contributed by atoms with Crippen LogP contribution in [0.2, 0.25) is 5.02 Å². The van der Waals surface area contributed by atoms with Gasteiger partial charge in [0.25, 0.3) is 0 Å². The van der Waals surface area contributed by atoms with Crippen molar-refractivity contribution in [2.45, 2.75) is 5.33 Å². The van der Waals surface area contributed by atoms with Crippen LogP contribution in [0.4, 0.5) is 0 Å². The summed E-state index contributed by atoms with van der Waals surface area (Å²) in [6.07, 6.45) is 3.63. The molecule has 1 aromatic heterocycles. The summed E-state index contributed by atoms with van der Waals surface area (Å²) in [6.45, 7) is 0. The third kappa shape index (κ3) is 2.47. The minimum absolute atomic E-state index is 0.530. The van der Waals surface area contributed by atoms with Crippen LogP contribution in [-0.4, -0.2) is 23.8 Å². The Hall–Kier alpha value is -1.20. The summed E-state index contributed by atoms with van der Waals surface area (Å²) in [5.74, 6) is 1.26. The van der Waals surface area contributed by atoms with Gasteiger partial charge in [0.05, 0.1) is 37.0 Å². The smallest absolute Gasteiger partial charge is 0.146 e. The lowest BCUT2D eigenvalue weighted by atomic mass is 10.2. The second-order valence-corrected chi connectivity index (χ2v) is 4.53. The summed E-state index contributed by atoms with van der Waals surface area (Å²) in [5.41, 5.74) is 1.76. The SMILES string of the molecule is COc1cc(OC)c(-n2cnc(CBr)c2)cc1Cl. The molecule has 0 fully saturated rings. The molecule has 0 aliphatic rings. The van der Waals surface area contributed by atoms with Gasteiger partial charge in [-0.15, -0.1) is 0 Å². The Morgan fingerprint density at radius 2 is 2.00 bits per heavy atom. The van der Waals surface area contributed by atoms with E-state index in [1.54, 1.807) is 32.7 Å². The van der Waals surface area contributed by atoms with E-state index in [0.717, 1.165) is 11.4 Å². The maximum absolute atomic E-state index is 6.13. The van der Waals surface area contributed by atoms with Crippen molar-refractivity contribution in [2.24, 2.45) is 0 Å². The van der Waals surface area contributed by atoms with Crippen molar-refractivity contribution in [1.82, 2.24) is 9.55 Å². The maximum atomic E-state index is 6.13. The highest BCUT2D eigenvalue weighted by atomic mass is 79.9. The van der Waals surface area contributed by atoms with Gasteiger partial charge in [-0.05, 0) is 6.07 Å². The van der Waals surface area contributed by atoms with Crippen LogP contribution in [0.1, 0.15) is 5.69 Å². The van der Waals surface area contributed by atoms with E-state index < -0.39 is 0 Å². The lowest BCUT2D eigenvalue weighted by Gasteiger charge is -2.12. The molecule has 0 aliphatic heterocycles. The lowest BCUT2D eigenvalue weighted by Crippen LogP contribution is -1.97. The average molecular weight is 332 g/mol. The normalized spacial score (nSPS) is 10.4. The van der Waals surface area contributed by atoms with Crippen molar-refractivity contribution in [1.29, 1.82) is 0 Å². The Kier molecular flexibility index (Phi) is 4.14. The van der Waals surface area contributed by atoms with Crippen LogP contribution in [0, 0.1) is 0 Å². The van der Waals surface area contributed by atoms with Crippen molar-refractivity contribution < 1.29 is 9.47 Å². The molecular formula is C12H12BrClN2O2. The van der Waals surface area contributed by atoms with Gasteiger partial charge in [0, 0.05) is 17.6 Å². The van der Waals surface area contributed by atoms with Crippen molar-refractivity contribution in [3.05, 3.63) is 35.4 Å². The van der Waals surface area contributed by atoms with Gasteiger partial charge in [0.1, 0.15) is 11.5 Å². The molecule has 6 heteroatoms. The van der Waals surface area contributed by atoms with Crippen molar-refractivity contribution >= 4 is 27.5 Å². The van der Waals surface area contributed by atoms with Crippen LogP contribution >= 0.6 is 27.5 Å². The van der Waals surface area contributed by atoms with E-state index in [1.165, 1.54) is 0 Å². The Morgan fingerprint density at radius 1 is 1.28 bits per heavy atom. The van der Waals surface area contributed by atoms with Gasteiger partial charge in [-0.3, -0.25) is 0 Å². The minimum Gasteiger partial charge on any atom is -0.495 e. The quantitative estimate of drug-likeness (QED) is 0.805. The lowest BCUT2D eigenvalue weighted by molar-refractivity contribution is 0.393. The zero-order valence-corrected chi connectivity index (χ0v) is 12.3. The molecule has 2 rings (SSSR count). The summed E-state index contributed by atoms with van der Waals surface area (Å²) in [7, 11) is 3.18. The number of rotatable bonds is 4. The first kappa shape index (κ1) is 13.2. The first-order valence-electron chi connectivity index (χ1n) is 5.20. The summed E-state index contributed by atoms with van der Waals surface area (Å²) in [6, 6.07) is 3.55. The van der Waals surface area contributed by atoms with Gasteiger partial charge in [0.2, 0.25) is 0 Å². The Morgan fingerprint density at radius 3 is 2.56 bits per heavy atom. The van der Waals surface area contributed by atoms with E-state index in [1.807, 2.05) is 10.8 Å². The molecule has 0 bridgehead atoms. The predicted molar refractivity (Wildman–Crippen MR) is 74.3 cm³/mol. The van der Waals surface area contributed by atoms with E-state index in [-0.39, 0.29) is 0 Å². The molecule has 1 aromatic carbocycles. The number of benzene rings is 1. The summed E-state index contributed by atoms with van der Waals surface area (Å²) >= 11 is 9.49. The molecule has 0 saturated heterocycles. The summed E-state index contributed by atoms with van der Waals surface area (Å²) < 4.78 is 12.4. The molecule has 18 heavy (non-hydrogen) atoms. The maximum Gasteiger partial charge on any atom is 0.146 e. The number of nitrogens with zero attached hydrogens (tertiary/aromatic N) is 2. The zero-order chi connectivity index (χ0) is 13.1. The molecule has 0 N–H and O–H groups in total. The fourth-order valence-corrected chi connectivity index (χ4v) is 2.13. The molecule has 4 nitrogen and oxygen atoms in total. The van der Waals surface area contributed by atoms with Gasteiger partial charge in [-0.1, -0.05) is 27.5 Å². The number of hydrogen-bond donors (Lipinski definition) is 0. The van der Waals surface area contributed by atoms with Crippen LogP contribution in [-0.2, 0) is 5.33 Å². The summed E-state index contributed by atoms with van der Waals surface area (Å²) in [4.78, 5) is 4.24. The third-order valence-corrected chi connectivity index (χ3v) is 3.37. The third-order valence-electron chi connectivity index (χ3n) is 2.50. The van der Waals surface area contributed by atoms with Gasteiger partial charge in [0.15, 0.2) is 0 Å². The minimum atomic E-state index is 0.530. The summed E-state index contributed by atoms with van der Waals surface area (Å²) in [5, 5.41) is 1.23. The van der Waals surface area contributed by atoms with Crippen molar-refractivity contribution in [3.8, 4) is 17.2 Å². The largest absolute Gasteiger partial charge is 0.495 e. The molecule has 1 heterocycles. The monoisotopic (exact) mass is 330 g/mol. The highest BCUT2D eigenvalue weighted by molar-refractivity contribution is 9.08. The fourth-order valence-electron chi connectivity index (χ4n) is 1.61. The van der Waals surface area contributed by atoms with E-state index in [0.29, 0.717) is 21.9 Å². The molecule has 0 unspecified atom stereocenters. The van der Waals surface area contributed by atoms with Crippen LogP contribution in [0.5, 0.6) is 11.5 Å². The molecule has 2 aromatic rings. The van der Waals surface area contributed by atoms with E-state index in [4.69, 9.17) is 21.1 Å². The molecule has 0 atom stereocenters. The highest BCUT2D eigenvalue weighted by Gasteiger charge is 2.12. The van der Waals surface area contributed by atoms with E-state index >= 15 is 0 Å². The number of methoxy groups -OCH3 is 2. The van der Waals surface area contributed by atoms with Crippen LogP contribution in [0.3, 0.4) is 0 Å². The van der Waals surface area contributed by atoms with Crippen LogP contribution in [0.25, 0.3) is 5.69 Å². The first-order valence-corrected chi connectivity index (χ1v) is 6.70. The van der Waals surface area contributed by atoms with Crippen LogP contribution < -0.4 is 9.47 Å². The van der Waals surface area contributed by atoms with E-state index in [9.17, 15) is 0 Å². The molecule has 96 valence electrons. The molecule has 0 radical (unpaired) electrons. The highest BCUT2D eigenvalue weighted by Crippen LogP contribution is 2.34. The van der Waals surface area contributed by atoms with Crippen molar-refractivity contribution in [3.63, 3.8) is 0 Å². The van der Waals surface area contributed by atoms with Gasteiger partial charge in [-0.25, -0.2) is 4.98 Å². The van der Waals surface area contributed by atoms with Gasteiger partial charge in [-0.2, -0.15) is 0 Å². The van der Waals surface area contributed by atoms with Crippen molar-refractivity contribution in [2.75, 3.05) is 14.2 Å². The van der Waals surface area contributed by atoms with Crippen LogP contribution in [0.15, 0.2) is 24.7 Å².